The first-order valence-corrected chi connectivity index (χ1v) is 6.70. The van der Waals surface area contributed by atoms with Crippen LogP contribution in [0.25, 0.3) is 5.69 Å². The Morgan fingerprint density at radius 3 is 3.05 bits per heavy atom. The molecule has 0 bridgehead atoms. The number of nitrogens with one attached hydrogen (secondary N) is 1. The van der Waals surface area contributed by atoms with E-state index in [9.17, 15) is 0 Å². The minimum atomic E-state index is 0.419. The standard InChI is InChI=1S/C15H19N3O/c1-19-10-15(12-5-6-12)17-13-3-2-4-14(9-13)18-8-7-16-11-18/h2-4,7-9,11-12,15,17H,5-6,10H2,1H3. The van der Waals surface area contributed by atoms with Gasteiger partial charge in [-0.25, -0.2) is 4.98 Å². The molecule has 0 radical (unpaired) electrons. The molecular weight excluding hydrogens is 238 g/mol. The first kappa shape index (κ1) is 12.2. The molecule has 1 saturated carbocycles. The molecule has 2 aromatic rings. The third-order valence-electron chi connectivity index (χ3n) is 3.54. The lowest BCUT2D eigenvalue weighted by Gasteiger charge is -2.19. The van der Waals surface area contributed by atoms with Crippen molar-refractivity contribution >= 4 is 5.69 Å². The van der Waals surface area contributed by atoms with Gasteiger partial charge in [-0.05, 0) is 37.0 Å². The molecule has 0 aliphatic heterocycles. The van der Waals surface area contributed by atoms with E-state index in [1.807, 2.05) is 17.1 Å². The molecule has 1 aromatic heterocycles. The quantitative estimate of drug-likeness (QED) is 0.864. The molecule has 1 aliphatic rings. The fraction of sp³-hybridized carbons (Fsp3) is 0.400. The second-order valence-corrected chi connectivity index (χ2v) is 5.06. The molecule has 4 nitrogen and oxygen atoms in total. The van der Waals surface area contributed by atoms with E-state index in [4.69, 9.17) is 4.74 Å². The van der Waals surface area contributed by atoms with Crippen LogP contribution in [0.2, 0.25) is 0 Å². The molecule has 0 amide bonds. The molecule has 3 rings (SSSR count). The van der Waals surface area contributed by atoms with Crippen molar-refractivity contribution in [3.63, 3.8) is 0 Å². The Bertz CT molecular complexity index is 520. The molecule has 0 saturated heterocycles. The van der Waals surface area contributed by atoms with Crippen LogP contribution >= 0.6 is 0 Å². The van der Waals surface area contributed by atoms with Gasteiger partial charge in [-0.2, -0.15) is 0 Å². The van der Waals surface area contributed by atoms with Gasteiger partial charge >= 0.3 is 0 Å². The Morgan fingerprint density at radius 2 is 2.37 bits per heavy atom. The number of hydrogen-bond donors (Lipinski definition) is 1. The Balaban J connectivity index is 1.75. The van der Waals surface area contributed by atoms with Crippen LogP contribution in [0.15, 0.2) is 43.0 Å². The fourth-order valence-corrected chi connectivity index (χ4v) is 2.36. The van der Waals surface area contributed by atoms with Crippen LogP contribution in [0.4, 0.5) is 5.69 Å². The first-order chi connectivity index (χ1) is 9.36. The van der Waals surface area contributed by atoms with Gasteiger partial charge in [-0.1, -0.05) is 6.07 Å². The molecule has 1 atom stereocenters. The predicted molar refractivity (Wildman–Crippen MR) is 75.6 cm³/mol. The van der Waals surface area contributed by atoms with E-state index in [1.165, 1.54) is 12.8 Å². The highest BCUT2D eigenvalue weighted by Crippen LogP contribution is 2.34. The van der Waals surface area contributed by atoms with E-state index in [0.717, 1.165) is 23.9 Å². The second-order valence-electron chi connectivity index (χ2n) is 5.06. The average Bonchev–Trinajstić information content (AvgIpc) is 3.13. The maximum absolute atomic E-state index is 5.30. The van der Waals surface area contributed by atoms with Crippen LogP contribution in [0.3, 0.4) is 0 Å². The van der Waals surface area contributed by atoms with E-state index in [1.54, 1.807) is 13.3 Å². The fourth-order valence-electron chi connectivity index (χ4n) is 2.36. The summed E-state index contributed by atoms with van der Waals surface area (Å²) in [7, 11) is 1.76. The zero-order valence-electron chi connectivity index (χ0n) is 11.1. The summed E-state index contributed by atoms with van der Waals surface area (Å²) >= 11 is 0. The molecule has 1 unspecified atom stereocenters. The summed E-state index contributed by atoms with van der Waals surface area (Å²) in [5.41, 5.74) is 2.26. The zero-order valence-corrected chi connectivity index (χ0v) is 11.1. The second kappa shape index (κ2) is 5.45. The van der Waals surface area contributed by atoms with Gasteiger partial charge in [0.25, 0.3) is 0 Å². The molecular formula is C15H19N3O. The van der Waals surface area contributed by atoms with Crippen LogP contribution in [0.1, 0.15) is 12.8 Å². The average molecular weight is 257 g/mol. The number of aromatic nitrogens is 2. The minimum Gasteiger partial charge on any atom is -0.383 e. The molecule has 1 aliphatic carbocycles. The Kier molecular flexibility index (Phi) is 3.51. The summed E-state index contributed by atoms with van der Waals surface area (Å²) in [4.78, 5) is 4.08. The molecule has 1 fully saturated rings. The summed E-state index contributed by atoms with van der Waals surface area (Å²) in [5.74, 6) is 0.761. The number of ether oxygens (including phenoxy) is 1. The summed E-state index contributed by atoms with van der Waals surface area (Å²) in [5, 5.41) is 3.59. The lowest BCUT2D eigenvalue weighted by Crippen LogP contribution is -2.27. The van der Waals surface area contributed by atoms with Crippen molar-refractivity contribution in [2.45, 2.75) is 18.9 Å². The summed E-state index contributed by atoms with van der Waals surface area (Å²) < 4.78 is 7.31. The maximum Gasteiger partial charge on any atom is 0.0991 e. The van der Waals surface area contributed by atoms with Gasteiger partial charge in [0.1, 0.15) is 0 Å². The first-order valence-electron chi connectivity index (χ1n) is 6.70. The molecule has 4 heteroatoms. The molecule has 19 heavy (non-hydrogen) atoms. The van der Waals surface area contributed by atoms with Crippen LogP contribution in [-0.4, -0.2) is 29.3 Å². The third kappa shape index (κ3) is 2.96. The van der Waals surface area contributed by atoms with Crippen molar-refractivity contribution in [3.8, 4) is 5.69 Å². The number of hydrogen-bond acceptors (Lipinski definition) is 3. The van der Waals surface area contributed by atoms with Gasteiger partial charge in [-0.3, -0.25) is 0 Å². The molecule has 100 valence electrons. The summed E-state index contributed by atoms with van der Waals surface area (Å²) in [6.45, 7) is 0.764. The van der Waals surface area contributed by atoms with Gasteiger partial charge in [0, 0.05) is 30.9 Å². The predicted octanol–water partition coefficient (Wildman–Crippen LogP) is 2.71. The molecule has 0 spiro atoms. The largest absolute Gasteiger partial charge is 0.383 e. The highest BCUT2D eigenvalue weighted by atomic mass is 16.5. The number of anilines is 1. The van der Waals surface area contributed by atoms with Gasteiger partial charge < -0.3 is 14.6 Å². The molecule has 1 heterocycles. The van der Waals surface area contributed by atoms with Crippen LogP contribution in [-0.2, 0) is 4.74 Å². The minimum absolute atomic E-state index is 0.419. The van der Waals surface area contributed by atoms with Crippen molar-refractivity contribution in [1.29, 1.82) is 0 Å². The number of nitrogens with zero attached hydrogens (tertiary/aromatic N) is 2. The summed E-state index contributed by atoms with van der Waals surface area (Å²) in [6.07, 6.45) is 8.17. The van der Waals surface area contributed by atoms with Crippen molar-refractivity contribution in [3.05, 3.63) is 43.0 Å². The number of benzene rings is 1. The lowest BCUT2D eigenvalue weighted by molar-refractivity contribution is 0.179. The van der Waals surface area contributed by atoms with Gasteiger partial charge in [0.05, 0.1) is 19.0 Å². The van der Waals surface area contributed by atoms with Crippen molar-refractivity contribution in [2.24, 2.45) is 5.92 Å². The molecule has 1 N–H and O–H groups in total. The number of rotatable bonds is 6. The Hall–Kier alpha value is -1.81. The van der Waals surface area contributed by atoms with Crippen LogP contribution < -0.4 is 5.32 Å². The van der Waals surface area contributed by atoms with Crippen molar-refractivity contribution in [1.82, 2.24) is 9.55 Å². The van der Waals surface area contributed by atoms with Gasteiger partial charge in [0.2, 0.25) is 0 Å². The highest BCUT2D eigenvalue weighted by molar-refractivity contribution is 5.52. The summed E-state index contributed by atoms with van der Waals surface area (Å²) in [6, 6.07) is 8.81. The smallest absolute Gasteiger partial charge is 0.0991 e. The van der Waals surface area contributed by atoms with E-state index < -0.39 is 0 Å². The van der Waals surface area contributed by atoms with Crippen LogP contribution in [0.5, 0.6) is 0 Å². The van der Waals surface area contributed by atoms with Crippen molar-refractivity contribution in [2.75, 3.05) is 19.0 Å². The van der Waals surface area contributed by atoms with Gasteiger partial charge in [-0.15, -0.1) is 0 Å². The number of methoxy groups -OCH3 is 1. The topological polar surface area (TPSA) is 39.1 Å². The van der Waals surface area contributed by atoms with Crippen molar-refractivity contribution < 1.29 is 4.74 Å². The Morgan fingerprint density at radius 1 is 1.47 bits per heavy atom. The normalized spacial score (nSPS) is 16.3. The third-order valence-corrected chi connectivity index (χ3v) is 3.54. The monoisotopic (exact) mass is 257 g/mol. The van der Waals surface area contributed by atoms with E-state index in [-0.39, 0.29) is 0 Å². The van der Waals surface area contributed by atoms with Crippen LogP contribution in [0, 0.1) is 5.92 Å². The SMILES string of the molecule is COCC(Nc1cccc(-n2ccnc2)c1)C1CC1. The Labute approximate surface area is 113 Å². The van der Waals surface area contributed by atoms with E-state index in [0.29, 0.717) is 6.04 Å². The zero-order chi connectivity index (χ0) is 13.1. The number of imidazole rings is 1. The van der Waals surface area contributed by atoms with E-state index in [2.05, 4.69) is 34.6 Å². The highest BCUT2D eigenvalue weighted by Gasteiger charge is 2.31. The maximum atomic E-state index is 5.30. The van der Waals surface area contributed by atoms with Gasteiger partial charge in [0.15, 0.2) is 0 Å². The molecule has 1 aromatic carbocycles. The van der Waals surface area contributed by atoms with E-state index >= 15 is 0 Å². The lowest BCUT2D eigenvalue weighted by atomic mass is 10.2.